The van der Waals surface area contributed by atoms with Gasteiger partial charge in [-0.3, -0.25) is 0 Å². The molecule has 0 saturated carbocycles. The van der Waals surface area contributed by atoms with Crippen molar-refractivity contribution >= 4 is 29.1 Å². The van der Waals surface area contributed by atoms with Crippen molar-refractivity contribution < 1.29 is 4.74 Å². The summed E-state index contributed by atoms with van der Waals surface area (Å²) in [5.41, 5.74) is 0. The fourth-order valence-corrected chi connectivity index (χ4v) is 1.48. The number of ether oxygens (including phenoxy) is 1. The van der Waals surface area contributed by atoms with Crippen LogP contribution in [0, 0.1) is 0 Å². The first-order valence-corrected chi connectivity index (χ1v) is 5.36. The summed E-state index contributed by atoms with van der Waals surface area (Å²) in [6.07, 6.45) is 2.70. The Morgan fingerprint density at radius 1 is 1.50 bits per heavy atom. The largest absolute Gasteiger partial charge is 0.379 e. The molecule has 1 N–H and O–H groups in total. The molecule has 1 heterocycles. The standard InChI is InChI=1S/C8H12ClN3OS/c1-2-3-5-13-6-4-10-8-7(9)11-14-12-8/h2H,1,3-6H2,(H,10,12). The zero-order valence-corrected chi connectivity index (χ0v) is 9.27. The summed E-state index contributed by atoms with van der Waals surface area (Å²) in [7, 11) is 0. The summed E-state index contributed by atoms with van der Waals surface area (Å²) >= 11 is 6.81. The lowest BCUT2D eigenvalue weighted by Crippen LogP contribution is -2.10. The van der Waals surface area contributed by atoms with Crippen molar-refractivity contribution in [2.45, 2.75) is 6.42 Å². The van der Waals surface area contributed by atoms with Gasteiger partial charge in [-0.1, -0.05) is 17.7 Å². The Morgan fingerprint density at radius 2 is 2.36 bits per heavy atom. The summed E-state index contributed by atoms with van der Waals surface area (Å²) in [5, 5.41) is 3.44. The lowest BCUT2D eigenvalue weighted by Gasteiger charge is -2.03. The fraction of sp³-hybridized carbons (Fsp3) is 0.500. The number of aromatic nitrogens is 2. The van der Waals surface area contributed by atoms with E-state index in [1.807, 2.05) is 6.08 Å². The van der Waals surface area contributed by atoms with E-state index < -0.39 is 0 Å². The molecule has 0 aliphatic carbocycles. The maximum atomic E-state index is 5.72. The average molecular weight is 234 g/mol. The van der Waals surface area contributed by atoms with Gasteiger partial charge < -0.3 is 10.1 Å². The molecule has 1 aromatic rings. The molecule has 0 fully saturated rings. The van der Waals surface area contributed by atoms with Crippen LogP contribution in [0.1, 0.15) is 6.42 Å². The Morgan fingerprint density at radius 3 is 3.00 bits per heavy atom. The van der Waals surface area contributed by atoms with Crippen molar-refractivity contribution in [3.05, 3.63) is 17.8 Å². The van der Waals surface area contributed by atoms with Gasteiger partial charge in [0.15, 0.2) is 11.0 Å². The first-order valence-electron chi connectivity index (χ1n) is 4.25. The van der Waals surface area contributed by atoms with Crippen LogP contribution in [0.5, 0.6) is 0 Å². The molecule has 0 aliphatic rings. The molecule has 0 aromatic carbocycles. The van der Waals surface area contributed by atoms with E-state index in [1.165, 1.54) is 0 Å². The molecular formula is C8H12ClN3OS. The van der Waals surface area contributed by atoms with Crippen molar-refractivity contribution in [1.29, 1.82) is 0 Å². The SMILES string of the molecule is C=CCCOCCNc1nsnc1Cl. The zero-order valence-electron chi connectivity index (χ0n) is 7.70. The van der Waals surface area contributed by atoms with E-state index >= 15 is 0 Å². The van der Waals surface area contributed by atoms with Gasteiger partial charge in [0, 0.05) is 6.54 Å². The van der Waals surface area contributed by atoms with Crippen LogP contribution in [0.25, 0.3) is 0 Å². The minimum absolute atomic E-state index is 0.418. The molecule has 78 valence electrons. The van der Waals surface area contributed by atoms with Gasteiger partial charge in [0.05, 0.1) is 24.9 Å². The molecule has 0 spiro atoms. The topological polar surface area (TPSA) is 47.0 Å². The van der Waals surface area contributed by atoms with Crippen LogP contribution in [0.15, 0.2) is 12.7 Å². The third kappa shape index (κ3) is 4.04. The third-order valence-corrected chi connectivity index (χ3v) is 2.35. The second-order valence-electron chi connectivity index (χ2n) is 2.52. The van der Waals surface area contributed by atoms with E-state index in [-0.39, 0.29) is 0 Å². The van der Waals surface area contributed by atoms with Gasteiger partial charge in [-0.05, 0) is 6.42 Å². The van der Waals surface area contributed by atoms with Crippen LogP contribution in [0.2, 0.25) is 5.15 Å². The molecular weight excluding hydrogens is 222 g/mol. The van der Waals surface area contributed by atoms with Gasteiger partial charge in [-0.15, -0.1) is 6.58 Å². The first-order chi connectivity index (χ1) is 6.84. The predicted octanol–water partition coefficient (Wildman–Crippen LogP) is 2.20. The van der Waals surface area contributed by atoms with Crippen molar-refractivity contribution in [1.82, 2.24) is 8.75 Å². The van der Waals surface area contributed by atoms with Crippen LogP contribution in [-0.4, -0.2) is 28.5 Å². The molecule has 6 heteroatoms. The molecule has 0 aliphatic heterocycles. The van der Waals surface area contributed by atoms with Gasteiger partial charge in [0.2, 0.25) is 0 Å². The highest BCUT2D eigenvalue weighted by molar-refractivity contribution is 6.99. The quantitative estimate of drug-likeness (QED) is 0.579. The second kappa shape index (κ2) is 6.75. The lowest BCUT2D eigenvalue weighted by molar-refractivity contribution is 0.149. The van der Waals surface area contributed by atoms with Gasteiger partial charge >= 0.3 is 0 Å². The van der Waals surface area contributed by atoms with Crippen LogP contribution >= 0.6 is 23.3 Å². The molecule has 0 bridgehead atoms. The molecule has 0 radical (unpaired) electrons. The average Bonchev–Trinajstić information content (AvgIpc) is 2.58. The summed E-state index contributed by atoms with van der Waals surface area (Å²) in [6.45, 7) is 5.61. The summed E-state index contributed by atoms with van der Waals surface area (Å²) in [6, 6.07) is 0. The smallest absolute Gasteiger partial charge is 0.186 e. The predicted molar refractivity (Wildman–Crippen MR) is 59.0 cm³/mol. The second-order valence-corrected chi connectivity index (χ2v) is 3.41. The van der Waals surface area contributed by atoms with Crippen molar-refractivity contribution in [3.8, 4) is 0 Å². The van der Waals surface area contributed by atoms with E-state index in [2.05, 4.69) is 20.6 Å². The van der Waals surface area contributed by atoms with Crippen molar-refractivity contribution in [3.63, 3.8) is 0 Å². The van der Waals surface area contributed by atoms with Crippen LogP contribution in [0.3, 0.4) is 0 Å². The maximum absolute atomic E-state index is 5.72. The Bertz CT molecular complexity index is 279. The number of rotatable bonds is 7. The summed E-state index contributed by atoms with van der Waals surface area (Å²) in [4.78, 5) is 0. The molecule has 0 amide bonds. The molecule has 4 nitrogen and oxygen atoms in total. The summed E-state index contributed by atoms with van der Waals surface area (Å²) in [5.74, 6) is 0.629. The van der Waals surface area contributed by atoms with Crippen LogP contribution in [-0.2, 0) is 4.74 Å². The minimum Gasteiger partial charge on any atom is -0.379 e. The maximum Gasteiger partial charge on any atom is 0.186 e. The lowest BCUT2D eigenvalue weighted by atomic mass is 10.4. The van der Waals surface area contributed by atoms with E-state index in [9.17, 15) is 0 Å². The van der Waals surface area contributed by atoms with Crippen molar-refractivity contribution in [2.24, 2.45) is 0 Å². The molecule has 0 unspecified atom stereocenters. The fourth-order valence-electron chi connectivity index (χ4n) is 0.794. The number of nitrogens with zero attached hydrogens (tertiary/aromatic N) is 2. The van der Waals surface area contributed by atoms with E-state index in [4.69, 9.17) is 16.3 Å². The molecule has 1 rings (SSSR count). The summed E-state index contributed by atoms with van der Waals surface area (Å²) < 4.78 is 13.1. The molecule has 0 atom stereocenters. The number of anilines is 1. The third-order valence-electron chi connectivity index (χ3n) is 1.45. The van der Waals surface area contributed by atoms with E-state index in [1.54, 1.807) is 0 Å². The Labute approximate surface area is 92.3 Å². The number of halogens is 1. The number of hydrogen-bond acceptors (Lipinski definition) is 5. The van der Waals surface area contributed by atoms with Crippen molar-refractivity contribution in [2.75, 3.05) is 25.1 Å². The van der Waals surface area contributed by atoms with Crippen LogP contribution in [0.4, 0.5) is 5.82 Å². The van der Waals surface area contributed by atoms with Gasteiger partial charge in [0.25, 0.3) is 0 Å². The highest BCUT2D eigenvalue weighted by Gasteiger charge is 2.02. The monoisotopic (exact) mass is 233 g/mol. The molecule has 14 heavy (non-hydrogen) atoms. The van der Waals surface area contributed by atoms with E-state index in [0.717, 1.165) is 18.1 Å². The van der Waals surface area contributed by atoms with Gasteiger partial charge in [-0.25, -0.2) is 0 Å². The minimum atomic E-state index is 0.418. The normalized spacial score (nSPS) is 10.1. The van der Waals surface area contributed by atoms with Gasteiger partial charge in [0.1, 0.15) is 0 Å². The highest BCUT2D eigenvalue weighted by Crippen LogP contribution is 2.16. The number of hydrogen-bond donors (Lipinski definition) is 1. The highest BCUT2D eigenvalue weighted by atomic mass is 35.5. The van der Waals surface area contributed by atoms with Gasteiger partial charge in [-0.2, -0.15) is 8.75 Å². The Balaban J connectivity index is 2.04. The Kier molecular flexibility index (Phi) is 5.51. The van der Waals surface area contributed by atoms with E-state index in [0.29, 0.717) is 30.7 Å². The molecule has 1 aromatic heterocycles. The Hall–Kier alpha value is -0.650. The zero-order chi connectivity index (χ0) is 10.2. The number of nitrogens with one attached hydrogen (secondary N) is 1. The van der Waals surface area contributed by atoms with Crippen LogP contribution < -0.4 is 5.32 Å². The molecule has 0 saturated heterocycles. The first kappa shape index (κ1) is 11.4.